The predicted octanol–water partition coefficient (Wildman–Crippen LogP) is 3.88. The van der Waals surface area contributed by atoms with E-state index in [0.29, 0.717) is 24.2 Å². The zero-order valence-electron chi connectivity index (χ0n) is 11.7. The Morgan fingerprint density at radius 1 is 1.24 bits per heavy atom. The van der Waals surface area contributed by atoms with Crippen molar-refractivity contribution in [1.29, 1.82) is 0 Å². The Hall–Kier alpha value is -0.970. The molecule has 0 heterocycles. The van der Waals surface area contributed by atoms with E-state index in [2.05, 4.69) is 5.32 Å². The average molecular weight is 353 g/mol. The Balaban J connectivity index is 2.81. The monoisotopic (exact) mass is 351 g/mol. The Kier molecular flexibility index (Phi) is 6.78. The second-order valence-corrected chi connectivity index (χ2v) is 6.81. The van der Waals surface area contributed by atoms with Gasteiger partial charge in [-0.15, -0.1) is 0 Å². The maximum absolute atomic E-state index is 11.6. The molecule has 0 aliphatic heterocycles. The highest BCUT2D eigenvalue weighted by Gasteiger charge is 2.36. The molecule has 0 fully saturated rings. The van der Waals surface area contributed by atoms with Crippen LogP contribution in [0.4, 0.5) is 0 Å². The summed E-state index contributed by atoms with van der Waals surface area (Å²) in [4.78, 5) is 22.8. The Morgan fingerprint density at radius 3 is 2.24 bits per heavy atom. The second-order valence-electron chi connectivity index (χ2n) is 4.44. The molecule has 1 amide bonds. The summed E-state index contributed by atoms with van der Waals surface area (Å²) in [6.07, 6.45) is -0.139. The van der Waals surface area contributed by atoms with Crippen LogP contribution in [0.3, 0.4) is 0 Å². The van der Waals surface area contributed by atoms with Crippen molar-refractivity contribution < 1.29 is 14.3 Å². The van der Waals surface area contributed by atoms with E-state index >= 15 is 0 Å². The van der Waals surface area contributed by atoms with Crippen molar-refractivity contribution in [3.05, 3.63) is 29.8 Å². The third-order valence-corrected chi connectivity index (χ3v) is 3.18. The summed E-state index contributed by atoms with van der Waals surface area (Å²) >= 11 is 17.4. The molecule has 0 radical (unpaired) electrons. The molecule has 1 atom stereocenters. The van der Waals surface area contributed by atoms with E-state index in [0.717, 1.165) is 0 Å². The van der Waals surface area contributed by atoms with Crippen LogP contribution in [0, 0.1) is 0 Å². The van der Waals surface area contributed by atoms with Gasteiger partial charge in [-0.1, -0.05) is 41.7 Å². The number of alkyl halides is 3. The minimum atomic E-state index is -1.82. The fourth-order valence-corrected chi connectivity index (χ4v) is 1.83. The smallest absolute Gasteiger partial charge is 0.246 e. The molecule has 0 spiro atoms. The predicted molar refractivity (Wildman–Crippen MR) is 84.2 cm³/mol. The second kappa shape index (κ2) is 7.87. The number of benzene rings is 1. The van der Waals surface area contributed by atoms with Crippen molar-refractivity contribution in [2.45, 2.75) is 36.7 Å². The number of ketones is 1. The first-order valence-electron chi connectivity index (χ1n) is 6.37. The molecule has 0 unspecified atom stereocenters. The fourth-order valence-electron chi connectivity index (χ4n) is 1.53. The highest BCUT2D eigenvalue weighted by Crippen LogP contribution is 2.32. The standard InChI is InChI=1S/C14H16Cl3NO3/c1-3-4-12(20)18-13(14(15,16)17)21-11-7-5-10(6-8-11)9(2)19/h5-8,13H,3-4H2,1-2H3,(H,18,20)/t13-/m1/s1. The summed E-state index contributed by atoms with van der Waals surface area (Å²) in [5.41, 5.74) is 0.544. The third kappa shape index (κ3) is 6.12. The topological polar surface area (TPSA) is 55.4 Å². The molecule has 1 aromatic carbocycles. The van der Waals surface area contributed by atoms with Crippen molar-refractivity contribution in [2.75, 3.05) is 0 Å². The average Bonchev–Trinajstić information content (AvgIpc) is 2.37. The molecule has 21 heavy (non-hydrogen) atoms. The largest absolute Gasteiger partial charge is 0.466 e. The van der Waals surface area contributed by atoms with Crippen LogP contribution < -0.4 is 10.1 Å². The van der Waals surface area contributed by atoms with E-state index < -0.39 is 10.0 Å². The van der Waals surface area contributed by atoms with Crippen molar-refractivity contribution in [1.82, 2.24) is 5.32 Å². The van der Waals surface area contributed by atoms with Crippen molar-refractivity contribution >= 4 is 46.5 Å². The number of hydrogen-bond donors (Lipinski definition) is 1. The Labute approximate surface area is 138 Å². The van der Waals surface area contributed by atoms with Crippen LogP contribution in [-0.4, -0.2) is 21.7 Å². The number of amides is 1. The molecule has 0 aliphatic rings. The number of Topliss-reactive ketones (excluding diaryl/α,β-unsaturated/α-hetero) is 1. The zero-order chi connectivity index (χ0) is 16.0. The molecule has 0 saturated heterocycles. The number of hydrogen-bond acceptors (Lipinski definition) is 3. The van der Waals surface area contributed by atoms with Gasteiger partial charge in [-0.25, -0.2) is 0 Å². The fraction of sp³-hybridized carbons (Fsp3) is 0.429. The van der Waals surface area contributed by atoms with Crippen LogP contribution in [0.2, 0.25) is 0 Å². The number of ether oxygens (including phenoxy) is 1. The molecule has 116 valence electrons. The van der Waals surface area contributed by atoms with Gasteiger partial charge in [0, 0.05) is 12.0 Å². The van der Waals surface area contributed by atoms with Crippen LogP contribution in [0.25, 0.3) is 0 Å². The zero-order valence-corrected chi connectivity index (χ0v) is 13.9. The summed E-state index contributed by atoms with van der Waals surface area (Å²) in [5, 5.41) is 2.52. The first-order valence-corrected chi connectivity index (χ1v) is 7.51. The third-order valence-electron chi connectivity index (χ3n) is 2.58. The normalized spacial score (nSPS) is 12.6. The lowest BCUT2D eigenvalue weighted by Gasteiger charge is -2.26. The Morgan fingerprint density at radius 2 is 1.81 bits per heavy atom. The van der Waals surface area contributed by atoms with Crippen LogP contribution in [0.15, 0.2) is 24.3 Å². The molecule has 0 aromatic heterocycles. The van der Waals surface area contributed by atoms with Gasteiger partial charge in [0.1, 0.15) is 5.75 Å². The highest BCUT2D eigenvalue weighted by atomic mass is 35.6. The summed E-state index contributed by atoms with van der Waals surface area (Å²) in [6.45, 7) is 3.33. The van der Waals surface area contributed by atoms with Gasteiger partial charge < -0.3 is 10.1 Å². The molecule has 0 saturated carbocycles. The molecular formula is C14H16Cl3NO3. The van der Waals surface area contributed by atoms with E-state index in [4.69, 9.17) is 39.5 Å². The maximum Gasteiger partial charge on any atom is 0.246 e. The first kappa shape index (κ1) is 18.1. The lowest BCUT2D eigenvalue weighted by molar-refractivity contribution is -0.123. The van der Waals surface area contributed by atoms with Gasteiger partial charge in [0.15, 0.2) is 5.78 Å². The molecule has 4 nitrogen and oxygen atoms in total. The van der Waals surface area contributed by atoms with Gasteiger partial charge in [0.2, 0.25) is 15.9 Å². The van der Waals surface area contributed by atoms with Crippen molar-refractivity contribution in [3.8, 4) is 5.75 Å². The number of carbonyl (C=O) groups excluding carboxylic acids is 2. The minimum absolute atomic E-state index is 0.0595. The Bertz CT molecular complexity index is 497. The summed E-state index contributed by atoms with van der Waals surface area (Å²) in [7, 11) is 0. The van der Waals surface area contributed by atoms with Crippen LogP contribution >= 0.6 is 34.8 Å². The van der Waals surface area contributed by atoms with E-state index in [-0.39, 0.29) is 11.7 Å². The molecule has 0 bridgehead atoms. The highest BCUT2D eigenvalue weighted by molar-refractivity contribution is 6.68. The number of halogens is 3. The van der Waals surface area contributed by atoms with Gasteiger partial charge in [0.05, 0.1) is 0 Å². The lowest BCUT2D eigenvalue weighted by atomic mass is 10.1. The van der Waals surface area contributed by atoms with E-state index in [1.165, 1.54) is 6.92 Å². The van der Waals surface area contributed by atoms with Gasteiger partial charge in [-0.2, -0.15) is 0 Å². The SMILES string of the molecule is CCCC(=O)N[C@H](Oc1ccc(C(C)=O)cc1)C(Cl)(Cl)Cl. The van der Waals surface area contributed by atoms with Crippen molar-refractivity contribution in [2.24, 2.45) is 0 Å². The lowest BCUT2D eigenvalue weighted by Crippen LogP contribution is -2.47. The maximum atomic E-state index is 11.6. The summed E-state index contributed by atoms with van der Waals surface area (Å²) in [5.74, 6) is 0.0537. The summed E-state index contributed by atoms with van der Waals surface area (Å²) in [6, 6.07) is 6.35. The molecule has 1 aromatic rings. The minimum Gasteiger partial charge on any atom is -0.466 e. The molecule has 1 rings (SSSR count). The quantitative estimate of drug-likeness (QED) is 0.480. The number of rotatable bonds is 6. The number of carbonyl (C=O) groups is 2. The summed E-state index contributed by atoms with van der Waals surface area (Å²) < 4.78 is 3.67. The van der Waals surface area contributed by atoms with Crippen LogP contribution in [0.1, 0.15) is 37.0 Å². The van der Waals surface area contributed by atoms with Gasteiger partial charge in [-0.05, 0) is 37.6 Å². The van der Waals surface area contributed by atoms with Crippen LogP contribution in [0.5, 0.6) is 5.75 Å². The van der Waals surface area contributed by atoms with E-state index in [1.54, 1.807) is 24.3 Å². The van der Waals surface area contributed by atoms with E-state index in [1.807, 2.05) is 6.92 Å². The number of nitrogens with one attached hydrogen (secondary N) is 1. The molecular weight excluding hydrogens is 337 g/mol. The van der Waals surface area contributed by atoms with Crippen LogP contribution in [-0.2, 0) is 4.79 Å². The van der Waals surface area contributed by atoms with Gasteiger partial charge in [-0.3, -0.25) is 9.59 Å². The van der Waals surface area contributed by atoms with Gasteiger partial charge >= 0.3 is 0 Å². The van der Waals surface area contributed by atoms with Crippen molar-refractivity contribution in [3.63, 3.8) is 0 Å². The van der Waals surface area contributed by atoms with Gasteiger partial charge in [0.25, 0.3) is 0 Å². The molecule has 0 aliphatic carbocycles. The first-order chi connectivity index (χ1) is 9.74. The molecule has 1 N–H and O–H groups in total. The molecule has 7 heteroatoms. The van der Waals surface area contributed by atoms with E-state index in [9.17, 15) is 9.59 Å².